The van der Waals surface area contributed by atoms with Crippen molar-refractivity contribution in [3.05, 3.63) is 90.0 Å². The topological polar surface area (TPSA) is 37.3 Å². The number of halogens is 1. The summed E-state index contributed by atoms with van der Waals surface area (Å²) in [6.45, 7) is 1.37. The van der Waals surface area contributed by atoms with Gasteiger partial charge in [0.15, 0.2) is 0 Å². The number of hydrogen-bond acceptors (Lipinski definition) is 1. The predicted molar refractivity (Wildman–Crippen MR) is 99.4 cm³/mol. The van der Waals surface area contributed by atoms with Gasteiger partial charge in [0.05, 0.1) is 6.04 Å². The second-order valence-electron chi connectivity index (χ2n) is 6.47. The molecule has 0 bridgehead atoms. The van der Waals surface area contributed by atoms with Crippen molar-refractivity contribution in [2.45, 2.75) is 19.0 Å². The summed E-state index contributed by atoms with van der Waals surface area (Å²) >= 11 is 0. The van der Waals surface area contributed by atoms with Gasteiger partial charge in [-0.2, -0.15) is 0 Å². The lowest BCUT2D eigenvalue weighted by Crippen LogP contribution is -2.44. The lowest BCUT2D eigenvalue weighted by molar-refractivity contribution is 0.167. The van der Waals surface area contributed by atoms with Crippen molar-refractivity contribution >= 4 is 11.7 Å². The van der Waals surface area contributed by atoms with Crippen LogP contribution in [0.5, 0.6) is 0 Å². The number of carbonyl (C=O) groups excluding carboxylic acids is 1. The second-order valence-corrected chi connectivity index (χ2v) is 6.47. The van der Waals surface area contributed by atoms with Crippen molar-refractivity contribution in [1.82, 2.24) is 9.47 Å². The molecule has 2 aromatic carbocycles. The van der Waals surface area contributed by atoms with E-state index >= 15 is 0 Å². The van der Waals surface area contributed by atoms with Crippen LogP contribution in [0.2, 0.25) is 0 Å². The monoisotopic (exact) mass is 349 g/mol. The highest BCUT2D eigenvalue weighted by Crippen LogP contribution is 2.30. The number of nitrogens with one attached hydrogen (secondary N) is 1. The van der Waals surface area contributed by atoms with Gasteiger partial charge in [0.2, 0.25) is 0 Å². The van der Waals surface area contributed by atoms with Crippen LogP contribution in [0.15, 0.2) is 72.9 Å². The molecule has 0 aliphatic carbocycles. The van der Waals surface area contributed by atoms with E-state index in [1.165, 1.54) is 17.7 Å². The summed E-state index contributed by atoms with van der Waals surface area (Å²) in [5, 5.41) is 2.83. The molecule has 1 aromatic heterocycles. The Labute approximate surface area is 151 Å². The zero-order valence-electron chi connectivity index (χ0n) is 14.3. The largest absolute Gasteiger partial charge is 0.348 e. The highest BCUT2D eigenvalue weighted by Gasteiger charge is 2.31. The van der Waals surface area contributed by atoms with Crippen molar-refractivity contribution in [2.75, 3.05) is 11.9 Å². The van der Waals surface area contributed by atoms with E-state index in [0.29, 0.717) is 12.2 Å². The quantitative estimate of drug-likeness (QED) is 0.745. The van der Waals surface area contributed by atoms with Gasteiger partial charge < -0.3 is 14.8 Å². The molecular formula is C21H20FN3O. The Kier molecular flexibility index (Phi) is 4.44. The molecule has 0 unspecified atom stereocenters. The van der Waals surface area contributed by atoms with Crippen LogP contribution in [0, 0.1) is 5.82 Å². The first-order chi connectivity index (χ1) is 12.7. The summed E-state index contributed by atoms with van der Waals surface area (Å²) in [6, 6.07) is 19.9. The Morgan fingerprint density at radius 3 is 2.69 bits per heavy atom. The van der Waals surface area contributed by atoms with Gasteiger partial charge in [-0.25, -0.2) is 9.18 Å². The number of benzene rings is 2. The van der Waals surface area contributed by atoms with E-state index in [1.54, 1.807) is 12.1 Å². The summed E-state index contributed by atoms with van der Waals surface area (Å²) in [6.07, 6.45) is 2.79. The first-order valence-electron chi connectivity index (χ1n) is 8.73. The van der Waals surface area contributed by atoms with E-state index in [2.05, 4.69) is 34.3 Å². The number of urea groups is 1. The van der Waals surface area contributed by atoms with Crippen LogP contribution in [0.4, 0.5) is 14.9 Å². The van der Waals surface area contributed by atoms with Gasteiger partial charge in [-0.3, -0.25) is 0 Å². The van der Waals surface area contributed by atoms with Crippen molar-refractivity contribution < 1.29 is 9.18 Å². The smallest absolute Gasteiger partial charge is 0.322 e. The Bertz CT molecular complexity index is 906. The highest BCUT2D eigenvalue weighted by atomic mass is 19.1. The normalized spacial score (nSPS) is 16.2. The third-order valence-corrected chi connectivity index (χ3v) is 4.77. The van der Waals surface area contributed by atoms with Crippen molar-refractivity contribution in [1.29, 1.82) is 0 Å². The lowest BCUT2D eigenvalue weighted by atomic mass is 10.0. The van der Waals surface area contributed by atoms with Crippen molar-refractivity contribution in [3.63, 3.8) is 0 Å². The molecule has 1 atom stereocenters. The molecule has 0 saturated heterocycles. The van der Waals surface area contributed by atoms with Crippen LogP contribution in [-0.2, 0) is 13.0 Å². The third-order valence-electron chi connectivity index (χ3n) is 4.77. The molecule has 3 aromatic rings. The molecule has 0 spiro atoms. The summed E-state index contributed by atoms with van der Waals surface area (Å²) in [4.78, 5) is 14.7. The maximum absolute atomic E-state index is 13.4. The molecule has 1 N–H and O–H groups in total. The molecule has 0 fully saturated rings. The average Bonchev–Trinajstić information content (AvgIpc) is 3.12. The fraction of sp³-hybridized carbons (Fsp3) is 0.190. The number of anilines is 1. The molecule has 0 saturated carbocycles. The average molecular weight is 349 g/mol. The maximum Gasteiger partial charge on any atom is 0.322 e. The van der Waals surface area contributed by atoms with Crippen molar-refractivity contribution in [2.24, 2.45) is 0 Å². The number of carbonyl (C=O) groups is 1. The van der Waals surface area contributed by atoms with Gasteiger partial charge in [-0.1, -0.05) is 36.4 Å². The number of amides is 2. The van der Waals surface area contributed by atoms with Crippen LogP contribution in [0.3, 0.4) is 0 Å². The number of aromatic nitrogens is 1. The summed E-state index contributed by atoms with van der Waals surface area (Å²) in [5.74, 6) is -0.365. The molecule has 1 aliphatic heterocycles. The summed E-state index contributed by atoms with van der Waals surface area (Å²) < 4.78 is 15.6. The fourth-order valence-electron chi connectivity index (χ4n) is 3.52. The summed E-state index contributed by atoms with van der Waals surface area (Å²) in [7, 11) is 0. The molecular weight excluding hydrogens is 329 g/mol. The summed E-state index contributed by atoms with van der Waals surface area (Å²) in [5.41, 5.74) is 2.76. The SMILES string of the molecule is O=C(Nc1cccc(F)c1)N1CCn2cccc2[C@@H]1Cc1ccccc1. The Hall–Kier alpha value is -3.08. The lowest BCUT2D eigenvalue weighted by Gasteiger charge is -2.37. The molecule has 0 radical (unpaired) electrons. The first kappa shape index (κ1) is 16.4. The second kappa shape index (κ2) is 7.04. The Morgan fingerprint density at radius 1 is 1.04 bits per heavy atom. The van der Waals surface area contributed by atoms with E-state index in [0.717, 1.165) is 18.7 Å². The van der Waals surface area contributed by atoms with Gasteiger partial charge >= 0.3 is 6.03 Å². The Balaban J connectivity index is 1.60. The molecule has 26 heavy (non-hydrogen) atoms. The fourth-order valence-corrected chi connectivity index (χ4v) is 3.52. The van der Waals surface area contributed by atoms with Crippen LogP contribution in [-0.4, -0.2) is 22.0 Å². The standard InChI is InChI=1S/C21H20FN3O/c22-17-8-4-9-18(15-17)23-21(26)25-13-12-24-11-5-10-19(24)20(25)14-16-6-2-1-3-7-16/h1-11,15,20H,12-14H2,(H,23,26)/t20-/m0/s1. The minimum Gasteiger partial charge on any atom is -0.348 e. The number of nitrogens with zero attached hydrogens (tertiary/aromatic N) is 2. The number of rotatable bonds is 3. The highest BCUT2D eigenvalue weighted by molar-refractivity contribution is 5.89. The minimum absolute atomic E-state index is 0.0605. The van der Waals surface area contributed by atoms with E-state index in [1.807, 2.05) is 29.2 Å². The van der Waals surface area contributed by atoms with Crippen LogP contribution in [0.25, 0.3) is 0 Å². The molecule has 4 rings (SSSR count). The minimum atomic E-state index is -0.365. The van der Waals surface area contributed by atoms with Gasteiger partial charge in [-0.05, 0) is 42.3 Å². The van der Waals surface area contributed by atoms with Gasteiger partial charge in [0.25, 0.3) is 0 Å². The molecule has 132 valence electrons. The van der Waals surface area contributed by atoms with Gasteiger partial charge in [0, 0.05) is 30.7 Å². The van der Waals surface area contributed by atoms with E-state index < -0.39 is 0 Å². The van der Waals surface area contributed by atoms with Crippen LogP contribution < -0.4 is 5.32 Å². The third kappa shape index (κ3) is 3.33. The predicted octanol–water partition coefficient (Wildman–Crippen LogP) is 4.46. The molecule has 5 heteroatoms. The zero-order chi connectivity index (χ0) is 17.9. The van der Waals surface area contributed by atoms with Gasteiger partial charge in [0.1, 0.15) is 5.82 Å². The molecule has 2 heterocycles. The van der Waals surface area contributed by atoms with Crippen LogP contribution in [0.1, 0.15) is 17.3 Å². The zero-order valence-corrected chi connectivity index (χ0v) is 14.3. The Morgan fingerprint density at radius 2 is 1.88 bits per heavy atom. The van der Waals surface area contributed by atoms with E-state index in [-0.39, 0.29) is 17.9 Å². The van der Waals surface area contributed by atoms with Crippen LogP contribution >= 0.6 is 0 Å². The number of fused-ring (bicyclic) bond motifs is 1. The van der Waals surface area contributed by atoms with Crippen molar-refractivity contribution in [3.8, 4) is 0 Å². The molecule has 4 nitrogen and oxygen atoms in total. The number of hydrogen-bond donors (Lipinski definition) is 1. The molecule has 1 aliphatic rings. The van der Waals surface area contributed by atoms with E-state index in [4.69, 9.17) is 0 Å². The van der Waals surface area contributed by atoms with Gasteiger partial charge in [-0.15, -0.1) is 0 Å². The van der Waals surface area contributed by atoms with E-state index in [9.17, 15) is 9.18 Å². The first-order valence-corrected chi connectivity index (χ1v) is 8.73. The molecule has 2 amide bonds. The maximum atomic E-state index is 13.4.